The predicted molar refractivity (Wildman–Crippen MR) is 108 cm³/mol. The standard InChI is InChI=1S/C17H26N6O.HI/c1-12-9-14(3)23(21-12)8-4-7-18-17(20-15-5-6-15)19-11-16-10-13(2)22-24-16;/h9-10,15H,4-8,11H2,1-3H3,(H2,18,19,20);1H. The van der Waals surface area contributed by atoms with Gasteiger partial charge in [-0.2, -0.15) is 5.10 Å². The highest BCUT2D eigenvalue weighted by molar-refractivity contribution is 14.0. The molecule has 2 aromatic rings. The van der Waals surface area contributed by atoms with Gasteiger partial charge in [0.15, 0.2) is 11.7 Å². The first-order valence-corrected chi connectivity index (χ1v) is 8.58. The maximum atomic E-state index is 5.21. The van der Waals surface area contributed by atoms with E-state index in [1.54, 1.807) is 0 Å². The van der Waals surface area contributed by atoms with E-state index < -0.39 is 0 Å². The molecule has 0 radical (unpaired) electrons. The number of hydrogen-bond acceptors (Lipinski definition) is 4. The molecule has 2 heterocycles. The zero-order chi connectivity index (χ0) is 16.9. The molecule has 2 aromatic heterocycles. The lowest BCUT2D eigenvalue weighted by Crippen LogP contribution is -2.39. The number of aromatic nitrogens is 3. The normalized spacial score (nSPS) is 14.3. The van der Waals surface area contributed by atoms with Gasteiger partial charge >= 0.3 is 0 Å². The highest BCUT2D eigenvalue weighted by atomic mass is 127. The van der Waals surface area contributed by atoms with Crippen molar-refractivity contribution in [1.82, 2.24) is 25.6 Å². The van der Waals surface area contributed by atoms with E-state index in [1.807, 2.05) is 19.9 Å². The molecule has 1 fully saturated rings. The lowest BCUT2D eigenvalue weighted by atomic mass is 10.4. The maximum Gasteiger partial charge on any atom is 0.191 e. The molecule has 1 aliphatic carbocycles. The van der Waals surface area contributed by atoms with Crippen molar-refractivity contribution in [1.29, 1.82) is 0 Å². The fraction of sp³-hybridized carbons (Fsp3) is 0.588. The Morgan fingerprint density at radius 1 is 1.28 bits per heavy atom. The fourth-order valence-corrected chi connectivity index (χ4v) is 2.56. The molecule has 0 amide bonds. The Labute approximate surface area is 165 Å². The van der Waals surface area contributed by atoms with Gasteiger partial charge < -0.3 is 15.2 Å². The molecule has 0 atom stereocenters. The largest absolute Gasteiger partial charge is 0.359 e. The Hall–Kier alpha value is -1.58. The summed E-state index contributed by atoms with van der Waals surface area (Å²) in [5.41, 5.74) is 3.16. The van der Waals surface area contributed by atoms with Gasteiger partial charge in [0.2, 0.25) is 0 Å². The van der Waals surface area contributed by atoms with Gasteiger partial charge in [0.25, 0.3) is 0 Å². The third-order valence-corrected chi connectivity index (χ3v) is 3.93. The topological polar surface area (TPSA) is 80.3 Å². The number of guanidine groups is 1. The van der Waals surface area contributed by atoms with Crippen molar-refractivity contribution in [3.63, 3.8) is 0 Å². The van der Waals surface area contributed by atoms with Gasteiger partial charge in [-0.3, -0.25) is 4.68 Å². The molecule has 0 bridgehead atoms. The monoisotopic (exact) mass is 458 g/mol. The van der Waals surface area contributed by atoms with Crippen molar-refractivity contribution in [2.45, 2.75) is 59.2 Å². The molecule has 0 unspecified atom stereocenters. The minimum absolute atomic E-state index is 0. The van der Waals surface area contributed by atoms with E-state index in [-0.39, 0.29) is 24.0 Å². The molecule has 8 heteroatoms. The second-order valence-corrected chi connectivity index (χ2v) is 6.45. The highest BCUT2D eigenvalue weighted by Gasteiger charge is 2.22. The Morgan fingerprint density at radius 3 is 2.68 bits per heavy atom. The summed E-state index contributed by atoms with van der Waals surface area (Å²) in [5.74, 6) is 1.63. The van der Waals surface area contributed by atoms with E-state index in [4.69, 9.17) is 4.52 Å². The summed E-state index contributed by atoms with van der Waals surface area (Å²) in [6.07, 6.45) is 3.43. The molecule has 0 spiro atoms. The molecular formula is C17H27IN6O. The Balaban J connectivity index is 0.00000225. The summed E-state index contributed by atoms with van der Waals surface area (Å²) in [6.45, 7) is 8.29. The van der Waals surface area contributed by atoms with Crippen molar-refractivity contribution in [3.8, 4) is 0 Å². The van der Waals surface area contributed by atoms with Crippen LogP contribution >= 0.6 is 24.0 Å². The first-order valence-electron chi connectivity index (χ1n) is 8.58. The fourth-order valence-electron chi connectivity index (χ4n) is 2.56. The summed E-state index contributed by atoms with van der Waals surface area (Å²) in [7, 11) is 0. The van der Waals surface area contributed by atoms with Crippen LogP contribution in [0.25, 0.3) is 0 Å². The van der Waals surface area contributed by atoms with Crippen molar-refractivity contribution in [2.24, 2.45) is 4.99 Å². The smallest absolute Gasteiger partial charge is 0.191 e. The molecule has 0 saturated heterocycles. The minimum Gasteiger partial charge on any atom is -0.359 e. The molecule has 25 heavy (non-hydrogen) atoms. The Kier molecular flexibility index (Phi) is 7.27. The number of aliphatic imine (C=N–C) groups is 1. The second-order valence-electron chi connectivity index (χ2n) is 6.45. The van der Waals surface area contributed by atoms with E-state index in [0.29, 0.717) is 12.6 Å². The van der Waals surface area contributed by atoms with Crippen LogP contribution in [0.3, 0.4) is 0 Å². The predicted octanol–water partition coefficient (Wildman–Crippen LogP) is 2.70. The van der Waals surface area contributed by atoms with E-state index in [0.717, 1.165) is 42.6 Å². The molecule has 0 aliphatic heterocycles. The molecule has 2 N–H and O–H groups in total. The average molecular weight is 458 g/mol. The zero-order valence-corrected chi connectivity index (χ0v) is 17.4. The van der Waals surface area contributed by atoms with Crippen LogP contribution in [0.2, 0.25) is 0 Å². The summed E-state index contributed by atoms with van der Waals surface area (Å²) in [4.78, 5) is 4.59. The van der Waals surface area contributed by atoms with E-state index >= 15 is 0 Å². The number of hydrogen-bond donors (Lipinski definition) is 2. The van der Waals surface area contributed by atoms with Crippen LogP contribution in [0.4, 0.5) is 0 Å². The quantitative estimate of drug-likeness (QED) is 0.289. The van der Waals surface area contributed by atoms with Crippen LogP contribution < -0.4 is 10.6 Å². The van der Waals surface area contributed by atoms with Crippen molar-refractivity contribution in [3.05, 3.63) is 35.0 Å². The minimum atomic E-state index is 0. The summed E-state index contributed by atoms with van der Waals surface area (Å²) >= 11 is 0. The molecule has 1 aliphatic rings. The summed E-state index contributed by atoms with van der Waals surface area (Å²) < 4.78 is 7.27. The number of rotatable bonds is 7. The van der Waals surface area contributed by atoms with Crippen molar-refractivity contribution >= 4 is 29.9 Å². The van der Waals surface area contributed by atoms with Gasteiger partial charge in [0, 0.05) is 30.9 Å². The zero-order valence-electron chi connectivity index (χ0n) is 15.1. The van der Waals surface area contributed by atoms with Gasteiger partial charge in [-0.1, -0.05) is 5.16 Å². The number of aryl methyl sites for hydroxylation is 4. The SMILES string of the molecule is Cc1cc(CN=C(NCCCn2nc(C)cc2C)NC2CC2)on1.I. The van der Waals surface area contributed by atoms with Crippen LogP contribution in [-0.2, 0) is 13.1 Å². The number of halogens is 1. The lowest BCUT2D eigenvalue weighted by molar-refractivity contribution is 0.381. The Morgan fingerprint density at radius 2 is 2.08 bits per heavy atom. The molecule has 7 nitrogen and oxygen atoms in total. The van der Waals surface area contributed by atoms with Gasteiger partial charge in [0.05, 0.1) is 11.4 Å². The van der Waals surface area contributed by atoms with Gasteiger partial charge in [-0.25, -0.2) is 4.99 Å². The van der Waals surface area contributed by atoms with E-state index in [9.17, 15) is 0 Å². The number of nitrogens with zero attached hydrogens (tertiary/aromatic N) is 4. The lowest BCUT2D eigenvalue weighted by Gasteiger charge is -2.12. The first kappa shape index (κ1) is 19.7. The third kappa shape index (κ3) is 6.33. The van der Waals surface area contributed by atoms with Gasteiger partial charge in [-0.05, 0) is 46.1 Å². The number of nitrogens with one attached hydrogen (secondary N) is 2. The van der Waals surface area contributed by atoms with Gasteiger partial charge in [-0.15, -0.1) is 24.0 Å². The molecule has 0 aromatic carbocycles. The van der Waals surface area contributed by atoms with Crippen LogP contribution in [0.5, 0.6) is 0 Å². The second kappa shape index (κ2) is 9.21. The van der Waals surface area contributed by atoms with E-state index in [1.165, 1.54) is 18.5 Å². The van der Waals surface area contributed by atoms with Crippen LogP contribution in [-0.4, -0.2) is 33.5 Å². The van der Waals surface area contributed by atoms with Crippen LogP contribution in [0.15, 0.2) is 21.6 Å². The maximum absolute atomic E-state index is 5.21. The summed E-state index contributed by atoms with van der Waals surface area (Å²) in [5, 5.41) is 15.2. The molecule has 3 rings (SSSR count). The average Bonchev–Trinajstić information content (AvgIpc) is 3.17. The molecular weight excluding hydrogens is 431 g/mol. The molecule has 138 valence electrons. The van der Waals surface area contributed by atoms with E-state index in [2.05, 4.69) is 43.6 Å². The van der Waals surface area contributed by atoms with Crippen molar-refractivity contribution in [2.75, 3.05) is 6.54 Å². The Bertz CT molecular complexity index is 704. The van der Waals surface area contributed by atoms with Crippen molar-refractivity contribution < 1.29 is 4.52 Å². The van der Waals surface area contributed by atoms with Crippen LogP contribution in [0, 0.1) is 20.8 Å². The van der Waals surface area contributed by atoms with Crippen LogP contribution in [0.1, 0.15) is 42.1 Å². The summed E-state index contributed by atoms with van der Waals surface area (Å²) in [6, 6.07) is 4.58. The van der Waals surface area contributed by atoms with Gasteiger partial charge in [0.1, 0.15) is 6.54 Å². The highest BCUT2D eigenvalue weighted by Crippen LogP contribution is 2.18. The first-order chi connectivity index (χ1) is 11.6. The molecule has 1 saturated carbocycles. The third-order valence-electron chi connectivity index (χ3n) is 3.93.